The number of benzene rings is 1. The van der Waals surface area contributed by atoms with E-state index in [1.807, 2.05) is 19.3 Å². The smallest absolute Gasteiger partial charge is 0.0934 e. The predicted octanol–water partition coefficient (Wildman–Crippen LogP) is 1.73. The highest BCUT2D eigenvalue weighted by molar-refractivity contribution is 5.84. The van der Waals surface area contributed by atoms with E-state index < -0.39 is 6.10 Å². The molecule has 80 valence electrons. The first-order valence-electron chi connectivity index (χ1n) is 5.12. The van der Waals surface area contributed by atoms with E-state index in [1.165, 1.54) is 5.56 Å². The first-order valence-corrected chi connectivity index (χ1v) is 5.12. The second-order valence-electron chi connectivity index (χ2n) is 3.87. The summed E-state index contributed by atoms with van der Waals surface area (Å²) in [6.07, 6.45) is 1.43. The molecule has 0 spiro atoms. The second kappa shape index (κ2) is 4.04. The number of aliphatic hydroxyl groups is 1. The molecule has 3 heteroatoms. The van der Waals surface area contributed by atoms with Gasteiger partial charge in [-0.15, -0.1) is 0 Å². The van der Waals surface area contributed by atoms with Crippen LogP contribution in [0.3, 0.4) is 0 Å². The lowest BCUT2D eigenvalue weighted by atomic mass is 10.1. The lowest BCUT2D eigenvalue weighted by Crippen LogP contribution is -2.16. The molecular weight excluding hydrogens is 188 g/mol. The van der Waals surface area contributed by atoms with Gasteiger partial charge in [0, 0.05) is 29.2 Å². The minimum Gasteiger partial charge on any atom is -0.387 e. The highest BCUT2D eigenvalue weighted by Crippen LogP contribution is 2.24. The Labute approximate surface area is 89.1 Å². The number of aliphatic hydroxyl groups excluding tert-OH is 1. The molecule has 1 atom stereocenters. The molecule has 0 aliphatic heterocycles. The van der Waals surface area contributed by atoms with Gasteiger partial charge in [-0.1, -0.05) is 11.6 Å². The molecule has 1 unspecified atom stereocenters. The van der Waals surface area contributed by atoms with E-state index in [-0.39, 0.29) is 0 Å². The van der Waals surface area contributed by atoms with Crippen LogP contribution in [0.2, 0.25) is 0 Å². The molecule has 3 nitrogen and oxygen atoms in total. The Morgan fingerprint density at radius 3 is 3.00 bits per heavy atom. The molecule has 0 fully saturated rings. The van der Waals surface area contributed by atoms with Gasteiger partial charge in [-0.3, -0.25) is 0 Å². The van der Waals surface area contributed by atoms with Crippen molar-refractivity contribution in [3.8, 4) is 0 Å². The minimum absolute atomic E-state index is 0.453. The lowest BCUT2D eigenvalue weighted by molar-refractivity contribution is 0.179. The van der Waals surface area contributed by atoms with E-state index in [1.54, 1.807) is 0 Å². The molecule has 2 aromatic rings. The fourth-order valence-electron chi connectivity index (χ4n) is 1.84. The summed E-state index contributed by atoms with van der Waals surface area (Å²) in [5.74, 6) is 0. The number of hydrogen-bond donors (Lipinski definition) is 3. The number of rotatable bonds is 3. The molecule has 2 rings (SSSR count). The van der Waals surface area contributed by atoms with Crippen LogP contribution in [0, 0.1) is 6.92 Å². The molecule has 0 amide bonds. The van der Waals surface area contributed by atoms with Crippen molar-refractivity contribution in [2.24, 2.45) is 0 Å². The van der Waals surface area contributed by atoms with Crippen LogP contribution in [-0.4, -0.2) is 23.7 Å². The van der Waals surface area contributed by atoms with Crippen molar-refractivity contribution in [1.82, 2.24) is 10.3 Å². The van der Waals surface area contributed by atoms with Gasteiger partial charge in [-0.2, -0.15) is 0 Å². The normalized spacial score (nSPS) is 13.3. The van der Waals surface area contributed by atoms with E-state index in [4.69, 9.17) is 0 Å². The van der Waals surface area contributed by atoms with E-state index in [9.17, 15) is 5.11 Å². The van der Waals surface area contributed by atoms with Gasteiger partial charge in [-0.25, -0.2) is 0 Å². The Morgan fingerprint density at radius 2 is 2.27 bits per heavy atom. The highest BCUT2D eigenvalue weighted by Gasteiger charge is 2.11. The summed E-state index contributed by atoms with van der Waals surface area (Å²) < 4.78 is 0. The number of likely N-dealkylation sites (N-methyl/N-ethyl adjacent to an activating group) is 1. The van der Waals surface area contributed by atoms with E-state index in [0.29, 0.717) is 6.54 Å². The fourth-order valence-corrected chi connectivity index (χ4v) is 1.84. The van der Waals surface area contributed by atoms with Crippen molar-refractivity contribution in [3.63, 3.8) is 0 Å². The molecule has 1 heterocycles. The van der Waals surface area contributed by atoms with Gasteiger partial charge in [0.2, 0.25) is 0 Å². The van der Waals surface area contributed by atoms with Crippen LogP contribution in [0.1, 0.15) is 17.2 Å². The summed E-state index contributed by atoms with van der Waals surface area (Å²) in [5, 5.41) is 14.0. The molecule has 15 heavy (non-hydrogen) atoms. The molecule has 1 aromatic heterocycles. The van der Waals surface area contributed by atoms with Crippen molar-refractivity contribution in [2.45, 2.75) is 13.0 Å². The monoisotopic (exact) mass is 204 g/mol. The summed E-state index contributed by atoms with van der Waals surface area (Å²) in [7, 11) is 1.84. The quantitative estimate of drug-likeness (QED) is 0.713. The molecule has 0 aliphatic rings. The Morgan fingerprint density at radius 1 is 1.47 bits per heavy atom. The molecule has 0 aliphatic carbocycles. The average molecular weight is 204 g/mol. The van der Waals surface area contributed by atoms with Gasteiger partial charge >= 0.3 is 0 Å². The maximum absolute atomic E-state index is 9.92. The molecule has 1 aromatic carbocycles. The van der Waals surface area contributed by atoms with Gasteiger partial charge in [0.1, 0.15) is 0 Å². The van der Waals surface area contributed by atoms with Crippen molar-refractivity contribution in [1.29, 1.82) is 0 Å². The number of aromatic amines is 1. The number of aromatic nitrogens is 1. The largest absolute Gasteiger partial charge is 0.387 e. The Balaban J connectivity index is 2.47. The summed E-state index contributed by atoms with van der Waals surface area (Å²) in [5.41, 5.74) is 3.24. The third-order valence-electron chi connectivity index (χ3n) is 2.63. The van der Waals surface area contributed by atoms with Crippen molar-refractivity contribution < 1.29 is 5.11 Å². The van der Waals surface area contributed by atoms with Crippen LogP contribution in [0.25, 0.3) is 10.9 Å². The predicted molar refractivity (Wildman–Crippen MR) is 61.9 cm³/mol. The molecule has 0 saturated carbocycles. The highest BCUT2D eigenvalue weighted by atomic mass is 16.3. The van der Waals surface area contributed by atoms with Crippen LogP contribution in [0.15, 0.2) is 24.4 Å². The van der Waals surface area contributed by atoms with E-state index in [2.05, 4.69) is 29.4 Å². The maximum Gasteiger partial charge on any atom is 0.0934 e. The second-order valence-corrected chi connectivity index (χ2v) is 3.87. The van der Waals surface area contributed by atoms with Crippen molar-refractivity contribution >= 4 is 10.9 Å². The van der Waals surface area contributed by atoms with Crippen molar-refractivity contribution in [3.05, 3.63) is 35.5 Å². The van der Waals surface area contributed by atoms with Gasteiger partial charge in [0.25, 0.3) is 0 Å². The van der Waals surface area contributed by atoms with Gasteiger partial charge in [0.15, 0.2) is 0 Å². The molecule has 0 saturated heterocycles. The van der Waals surface area contributed by atoms with Gasteiger partial charge < -0.3 is 15.4 Å². The zero-order chi connectivity index (χ0) is 10.8. The lowest BCUT2D eigenvalue weighted by Gasteiger charge is -2.08. The molecule has 0 bridgehead atoms. The summed E-state index contributed by atoms with van der Waals surface area (Å²) in [6.45, 7) is 2.63. The number of aryl methyl sites for hydroxylation is 1. The molecular formula is C12H16N2O. The summed E-state index contributed by atoms with van der Waals surface area (Å²) >= 11 is 0. The number of nitrogens with one attached hydrogen (secondary N) is 2. The SMILES string of the molecule is CNCC(O)c1c[nH]c2ccc(C)cc12. The first kappa shape index (κ1) is 10.2. The summed E-state index contributed by atoms with van der Waals surface area (Å²) in [4.78, 5) is 3.17. The number of H-pyrrole nitrogens is 1. The topological polar surface area (TPSA) is 48.0 Å². The first-order chi connectivity index (χ1) is 7.22. The number of hydrogen-bond acceptors (Lipinski definition) is 2. The third-order valence-corrected chi connectivity index (χ3v) is 2.63. The van der Waals surface area contributed by atoms with Crippen molar-refractivity contribution in [2.75, 3.05) is 13.6 Å². The van der Waals surface area contributed by atoms with E-state index in [0.717, 1.165) is 16.5 Å². The van der Waals surface area contributed by atoms with Gasteiger partial charge in [0.05, 0.1) is 6.10 Å². The third kappa shape index (κ3) is 1.89. The zero-order valence-corrected chi connectivity index (χ0v) is 9.04. The molecule has 3 N–H and O–H groups in total. The minimum atomic E-state index is -0.453. The fraction of sp³-hybridized carbons (Fsp3) is 0.333. The standard InChI is InChI=1S/C12H16N2O/c1-8-3-4-11-9(5-8)10(6-14-11)12(15)7-13-2/h3-6,12-15H,7H2,1-2H3. The van der Waals surface area contributed by atoms with E-state index >= 15 is 0 Å². The Bertz CT molecular complexity index is 462. The van der Waals surface area contributed by atoms with Crippen LogP contribution in [0.4, 0.5) is 0 Å². The Kier molecular flexibility index (Phi) is 2.75. The molecule has 0 radical (unpaired) electrons. The van der Waals surface area contributed by atoms with Crippen LogP contribution >= 0.6 is 0 Å². The van der Waals surface area contributed by atoms with Gasteiger partial charge in [-0.05, 0) is 26.1 Å². The average Bonchev–Trinajstić information content (AvgIpc) is 2.60. The van der Waals surface area contributed by atoms with Crippen LogP contribution in [-0.2, 0) is 0 Å². The summed E-state index contributed by atoms with van der Waals surface area (Å²) in [6, 6.07) is 6.20. The number of fused-ring (bicyclic) bond motifs is 1. The maximum atomic E-state index is 9.92. The van der Waals surface area contributed by atoms with Crippen LogP contribution < -0.4 is 5.32 Å². The van der Waals surface area contributed by atoms with Crippen LogP contribution in [0.5, 0.6) is 0 Å². The zero-order valence-electron chi connectivity index (χ0n) is 9.04. The Hall–Kier alpha value is -1.32.